The van der Waals surface area contributed by atoms with Crippen molar-refractivity contribution in [2.75, 3.05) is 17.2 Å². The van der Waals surface area contributed by atoms with Crippen LogP contribution in [0, 0.1) is 0 Å². The molecule has 0 aliphatic carbocycles. The highest BCUT2D eigenvalue weighted by Crippen LogP contribution is 2.32. The second-order valence-electron chi connectivity index (χ2n) is 5.38. The number of amides is 2. The molecule has 0 fully saturated rings. The summed E-state index contributed by atoms with van der Waals surface area (Å²) in [6.07, 6.45) is 0.891. The molecule has 1 heterocycles. The number of phenols is 1. The van der Waals surface area contributed by atoms with Gasteiger partial charge in [0.15, 0.2) is 0 Å². The molecule has 0 bridgehead atoms. The van der Waals surface area contributed by atoms with Gasteiger partial charge < -0.3 is 15.2 Å². The summed E-state index contributed by atoms with van der Waals surface area (Å²) in [5.74, 6) is -0.760. The van der Waals surface area contributed by atoms with E-state index in [1.54, 1.807) is 13.0 Å². The number of hydrogen-bond donors (Lipinski definition) is 3. The fourth-order valence-electron chi connectivity index (χ4n) is 2.53. The van der Waals surface area contributed by atoms with Crippen LogP contribution in [-0.4, -0.2) is 29.9 Å². The number of fused-ring (bicyclic) bond motifs is 1. The minimum absolute atomic E-state index is 0.140. The van der Waals surface area contributed by atoms with Crippen molar-refractivity contribution in [2.24, 2.45) is 4.99 Å². The Morgan fingerprint density at radius 3 is 2.92 bits per heavy atom. The van der Waals surface area contributed by atoms with Gasteiger partial charge in [0.1, 0.15) is 11.7 Å². The summed E-state index contributed by atoms with van der Waals surface area (Å²) in [5.41, 5.74) is 2.33. The fourth-order valence-corrected chi connectivity index (χ4v) is 2.53. The first kappa shape index (κ1) is 16.5. The highest BCUT2D eigenvalue weighted by molar-refractivity contribution is 6.12. The van der Waals surface area contributed by atoms with Crippen LogP contribution in [0.15, 0.2) is 47.5 Å². The monoisotopic (exact) mass is 339 g/mol. The smallest absolute Gasteiger partial charge is 0.411 e. The van der Waals surface area contributed by atoms with E-state index >= 15 is 0 Å². The molecule has 7 nitrogen and oxygen atoms in total. The molecule has 1 atom stereocenters. The Hall–Kier alpha value is -3.35. The lowest BCUT2D eigenvalue weighted by Crippen LogP contribution is -2.13. The van der Waals surface area contributed by atoms with Crippen molar-refractivity contribution in [1.29, 1.82) is 0 Å². The van der Waals surface area contributed by atoms with E-state index in [2.05, 4.69) is 15.6 Å². The number of rotatable bonds is 4. The summed E-state index contributed by atoms with van der Waals surface area (Å²) in [7, 11) is 0. The number of carbonyl (C=O) groups excluding carboxylic acids is 2. The summed E-state index contributed by atoms with van der Waals surface area (Å²) >= 11 is 0. The topological polar surface area (TPSA) is 100 Å². The molecule has 0 saturated heterocycles. The fraction of sp³-hybridized carbons (Fsp3) is 0.167. The zero-order chi connectivity index (χ0) is 17.8. The van der Waals surface area contributed by atoms with E-state index in [9.17, 15) is 14.7 Å². The third kappa shape index (κ3) is 3.60. The maximum absolute atomic E-state index is 12.0. The zero-order valence-corrected chi connectivity index (χ0v) is 13.5. The van der Waals surface area contributed by atoms with Gasteiger partial charge in [-0.3, -0.25) is 15.1 Å². The van der Waals surface area contributed by atoms with Crippen LogP contribution in [0.4, 0.5) is 21.9 Å². The molecule has 3 rings (SSSR count). The van der Waals surface area contributed by atoms with Gasteiger partial charge in [-0.05, 0) is 30.7 Å². The molecule has 7 heteroatoms. The molecular formula is C18H17N3O4. The van der Waals surface area contributed by atoms with Gasteiger partial charge in [0.05, 0.1) is 18.0 Å². The first-order valence-electron chi connectivity index (χ1n) is 7.79. The molecule has 0 aromatic heterocycles. The Morgan fingerprint density at radius 1 is 1.36 bits per heavy atom. The van der Waals surface area contributed by atoms with E-state index in [4.69, 9.17) is 4.74 Å². The second-order valence-corrected chi connectivity index (χ2v) is 5.38. The molecule has 2 aromatic carbocycles. The van der Waals surface area contributed by atoms with Crippen molar-refractivity contribution in [1.82, 2.24) is 0 Å². The molecule has 0 radical (unpaired) electrons. The molecule has 1 aliphatic heterocycles. The number of para-hydroxylation sites is 1. The summed E-state index contributed by atoms with van der Waals surface area (Å²) in [6, 6.07) is 12.0. The van der Waals surface area contributed by atoms with Crippen LogP contribution < -0.4 is 10.6 Å². The third-order valence-corrected chi connectivity index (χ3v) is 3.70. The molecule has 2 aromatic rings. The van der Waals surface area contributed by atoms with Gasteiger partial charge in [0.25, 0.3) is 0 Å². The second kappa shape index (κ2) is 7.04. The number of hydrogen-bond acceptors (Lipinski definition) is 5. The van der Waals surface area contributed by atoms with Gasteiger partial charge in [-0.15, -0.1) is 0 Å². The molecule has 2 amide bonds. The Balaban J connectivity index is 1.75. The molecule has 1 aliphatic rings. The van der Waals surface area contributed by atoms with Crippen molar-refractivity contribution in [3.05, 3.63) is 48.0 Å². The zero-order valence-electron chi connectivity index (χ0n) is 13.5. The van der Waals surface area contributed by atoms with Crippen molar-refractivity contribution < 1.29 is 19.4 Å². The van der Waals surface area contributed by atoms with E-state index < -0.39 is 12.0 Å². The molecular weight excluding hydrogens is 322 g/mol. The van der Waals surface area contributed by atoms with Gasteiger partial charge >= 0.3 is 6.09 Å². The highest BCUT2D eigenvalue weighted by Gasteiger charge is 2.28. The lowest BCUT2D eigenvalue weighted by molar-refractivity contribution is -0.115. The van der Waals surface area contributed by atoms with Crippen LogP contribution >= 0.6 is 0 Å². The van der Waals surface area contributed by atoms with Gasteiger partial charge in [-0.1, -0.05) is 18.2 Å². The molecule has 0 spiro atoms. The van der Waals surface area contributed by atoms with Crippen LogP contribution in [0.1, 0.15) is 18.4 Å². The number of anilines is 2. The average Bonchev–Trinajstić information content (AvgIpc) is 2.91. The van der Waals surface area contributed by atoms with Gasteiger partial charge in [-0.25, -0.2) is 4.79 Å². The number of benzene rings is 2. The molecule has 3 N–H and O–H groups in total. The van der Waals surface area contributed by atoms with E-state index in [0.717, 1.165) is 11.3 Å². The van der Waals surface area contributed by atoms with Gasteiger partial charge in [0, 0.05) is 18.0 Å². The Bertz CT molecular complexity index is 848. The van der Waals surface area contributed by atoms with Crippen molar-refractivity contribution in [3.63, 3.8) is 0 Å². The number of nitrogens with one attached hydrogen (secondary N) is 2. The van der Waals surface area contributed by atoms with Crippen LogP contribution in [-0.2, 0) is 9.53 Å². The van der Waals surface area contributed by atoms with Gasteiger partial charge in [-0.2, -0.15) is 0 Å². The van der Waals surface area contributed by atoms with E-state index in [1.807, 2.05) is 24.3 Å². The summed E-state index contributed by atoms with van der Waals surface area (Å²) in [6.45, 7) is 1.93. The molecule has 1 unspecified atom stereocenters. The maximum Gasteiger partial charge on any atom is 0.411 e. The maximum atomic E-state index is 12.0. The first-order chi connectivity index (χ1) is 12.1. The highest BCUT2D eigenvalue weighted by atomic mass is 16.5. The predicted octanol–water partition coefficient (Wildman–Crippen LogP) is 3.40. The van der Waals surface area contributed by atoms with Crippen LogP contribution in [0.2, 0.25) is 0 Å². The predicted molar refractivity (Wildman–Crippen MR) is 94.7 cm³/mol. The number of ether oxygens (including phenoxy) is 1. The van der Waals surface area contributed by atoms with Crippen molar-refractivity contribution in [3.8, 4) is 5.75 Å². The van der Waals surface area contributed by atoms with E-state index in [0.29, 0.717) is 5.69 Å². The first-order valence-corrected chi connectivity index (χ1v) is 7.79. The van der Waals surface area contributed by atoms with Crippen LogP contribution in [0.25, 0.3) is 0 Å². The van der Waals surface area contributed by atoms with Crippen molar-refractivity contribution in [2.45, 2.75) is 12.8 Å². The third-order valence-electron chi connectivity index (χ3n) is 3.70. The number of carbonyl (C=O) groups is 2. The molecule has 0 saturated carbocycles. The Morgan fingerprint density at radius 2 is 2.16 bits per heavy atom. The summed E-state index contributed by atoms with van der Waals surface area (Å²) in [4.78, 5) is 27.7. The average molecular weight is 339 g/mol. The largest absolute Gasteiger partial charge is 0.506 e. The van der Waals surface area contributed by atoms with E-state index in [1.165, 1.54) is 18.3 Å². The normalized spacial score (nSPS) is 15.7. The Labute approximate surface area is 144 Å². The number of phenolic OH excluding ortho intramolecular Hbond substituents is 1. The lowest BCUT2D eigenvalue weighted by Gasteiger charge is -2.07. The van der Waals surface area contributed by atoms with Gasteiger partial charge in [0.2, 0.25) is 5.91 Å². The minimum Gasteiger partial charge on any atom is -0.506 e. The quantitative estimate of drug-likeness (QED) is 0.587. The standard InChI is InChI=1S/C18H17N3O4/c1-2-25-18(24)21-15-8-7-11(9-16(15)22)19-10-13-12-5-3-4-6-14(12)20-17(13)23/h3-10,13,22H,2H2,1H3,(H,20,23)(H,21,24). The van der Waals surface area contributed by atoms with E-state index in [-0.39, 0.29) is 24.0 Å². The van der Waals surface area contributed by atoms with Crippen LogP contribution in [0.5, 0.6) is 5.75 Å². The number of aliphatic imine (C=N–C) groups is 1. The molecule has 128 valence electrons. The SMILES string of the molecule is CCOC(=O)Nc1ccc(N=CC2C(=O)Nc3ccccc32)cc1O. The number of aromatic hydroxyl groups is 1. The summed E-state index contributed by atoms with van der Waals surface area (Å²) < 4.78 is 4.76. The van der Waals surface area contributed by atoms with Crippen LogP contribution in [0.3, 0.4) is 0 Å². The minimum atomic E-state index is -0.645. The lowest BCUT2D eigenvalue weighted by atomic mass is 10.0. The molecule has 25 heavy (non-hydrogen) atoms. The number of nitrogens with zero attached hydrogens (tertiary/aromatic N) is 1. The summed E-state index contributed by atoms with van der Waals surface area (Å²) in [5, 5.41) is 15.2. The van der Waals surface area contributed by atoms with Crippen molar-refractivity contribution >= 4 is 35.3 Å². The Kier molecular flexibility index (Phi) is 4.65.